The van der Waals surface area contributed by atoms with Gasteiger partial charge in [0.25, 0.3) is 0 Å². The Morgan fingerprint density at radius 2 is 1.84 bits per heavy atom. The van der Waals surface area contributed by atoms with Crippen LogP contribution in [0.15, 0.2) is 53.7 Å². The Balaban J connectivity index is 1.47. The molecule has 1 saturated carbocycles. The van der Waals surface area contributed by atoms with Crippen molar-refractivity contribution >= 4 is 45.9 Å². The van der Waals surface area contributed by atoms with Crippen LogP contribution >= 0.6 is 11.8 Å². The molecule has 4 rings (SSSR count). The number of nitrogens with one attached hydrogen (secondary N) is 2. The lowest BCUT2D eigenvalue weighted by atomic mass is 10.1. The lowest BCUT2D eigenvalue weighted by Gasteiger charge is -2.13. The standard InChI is InChI=1S/C24H26N4O2S/c1-3-6-21(29)25-17-11-9-16(10-12-17)22(30)15(2)31-24-27-20-8-5-4-7-19(20)23(28-24)26-18-13-14-18/h4-5,7-12,15,18H,3,6,13-14H2,1-2H3,(H,25,29)(H,26,27,28). The first-order chi connectivity index (χ1) is 15.0. The van der Waals surface area contributed by atoms with Crippen LogP contribution in [-0.2, 0) is 4.79 Å². The van der Waals surface area contributed by atoms with Crippen molar-refractivity contribution < 1.29 is 9.59 Å². The SMILES string of the molecule is CCCC(=O)Nc1ccc(C(=O)C(C)Sc2nc(NC3CC3)c3ccccc3n2)cc1. The predicted molar refractivity (Wildman–Crippen MR) is 126 cm³/mol. The highest BCUT2D eigenvalue weighted by Gasteiger charge is 2.24. The molecule has 7 heteroatoms. The van der Waals surface area contributed by atoms with E-state index in [9.17, 15) is 9.59 Å². The van der Waals surface area contributed by atoms with Crippen LogP contribution in [-0.4, -0.2) is 33.0 Å². The summed E-state index contributed by atoms with van der Waals surface area (Å²) in [7, 11) is 0. The van der Waals surface area contributed by atoms with Crippen molar-refractivity contribution in [3.8, 4) is 0 Å². The Morgan fingerprint density at radius 3 is 2.55 bits per heavy atom. The first kappa shape index (κ1) is 21.3. The smallest absolute Gasteiger partial charge is 0.224 e. The van der Waals surface area contributed by atoms with E-state index in [2.05, 4.69) is 15.6 Å². The number of benzene rings is 2. The molecule has 0 bridgehead atoms. The van der Waals surface area contributed by atoms with E-state index in [1.165, 1.54) is 11.8 Å². The molecule has 0 aliphatic heterocycles. The van der Waals surface area contributed by atoms with Gasteiger partial charge >= 0.3 is 0 Å². The Morgan fingerprint density at radius 1 is 1.10 bits per heavy atom. The molecule has 1 atom stereocenters. The summed E-state index contributed by atoms with van der Waals surface area (Å²) in [4.78, 5) is 34.0. The summed E-state index contributed by atoms with van der Waals surface area (Å²) >= 11 is 1.36. The molecule has 1 amide bonds. The highest BCUT2D eigenvalue weighted by Crippen LogP contribution is 2.31. The van der Waals surface area contributed by atoms with Crippen LogP contribution in [0.3, 0.4) is 0 Å². The number of fused-ring (bicyclic) bond motifs is 1. The second kappa shape index (κ2) is 9.47. The lowest BCUT2D eigenvalue weighted by Crippen LogP contribution is -2.15. The highest BCUT2D eigenvalue weighted by molar-refractivity contribution is 8.00. The molecule has 31 heavy (non-hydrogen) atoms. The van der Waals surface area contributed by atoms with Gasteiger partial charge in [-0.15, -0.1) is 0 Å². The van der Waals surface area contributed by atoms with Crippen LogP contribution in [0.2, 0.25) is 0 Å². The van der Waals surface area contributed by atoms with Gasteiger partial charge in [0.1, 0.15) is 5.82 Å². The van der Waals surface area contributed by atoms with Gasteiger partial charge < -0.3 is 10.6 Å². The Labute approximate surface area is 186 Å². The van der Waals surface area contributed by atoms with E-state index in [0.717, 1.165) is 36.0 Å². The van der Waals surface area contributed by atoms with Crippen molar-refractivity contribution in [1.82, 2.24) is 9.97 Å². The van der Waals surface area contributed by atoms with Crippen molar-refractivity contribution in [2.24, 2.45) is 0 Å². The first-order valence-corrected chi connectivity index (χ1v) is 11.6. The van der Waals surface area contributed by atoms with E-state index >= 15 is 0 Å². The number of carbonyl (C=O) groups is 2. The molecule has 1 aliphatic rings. The quantitative estimate of drug-likeness (QED) is 0.270. The van der Waals surface area contributed by atoms with Crippen LogP contribution < -0.4 is 10.6 Å². The lowest BCUT2D eigenvalue weighted by molar-refractivity contribution is -0.116. The summed E-state index contributed by atoms with van der Waals surface area (Å²) in [5.41, 5.74) is 2.17. The van der Waals surface area contributed by atoms with E-state index in [4.69, 9.17) is 4.98 Å². The molecular formula is C24H26N4O2S. The van der Waals surface area contributed by atoms with E-state index in [1.807, 2.05) is 38.1 Å². The topological polar surface area (TPSA) is 84.0 Å². The van der Waals surface area contributed by atoms with Crippen LogP contribution in [0.25, 0.3) is 10.9 Å². The van der Waals surface area contributed by atoms with E-state index in [-0.39, 0.29) is 16.9 Å². The number of anilines is 2. The minimum Gasteiger partial charge on any atom is -0.367 e. The van der Waals surface area contributed by atoms with Gasteiger partial charge in [-0.1, -0.05) is 30.8 Å². The molecule has 0 saturated heterocycles. The number of Topliss-reactive ketones (excluding diaryl/α,β-unsaturated/α-hetero) is 1. The number of aromatic nitrogens is 2. The van der Waals surface area contributed by atoms with Gasteiger partial charge in [-0.05, 0) is 62.6 Å². The molecule has 3 aromatic rings. The number of thioether (sulfide) groups is 1. The van der Waals surface area contributed by atoms with Crippen molar-refractivity contribution in [3.05, 3.63) is 54.1 Å². The number of rotatable bonds is 9. The van der Waals surface area contributed by atoms with Crippen molar-refractivity contribution in [2.45, 2.75) is 56.0 Å². The zero-order chi connectivity index (χ0) is 21.8. The fraction of sp³-hybridized carbons (Fsp3) is 0.333. The molecule has 6 nitrogen and oxygen atoms in total. The number of amides is 1. The summed E-state index contributed by atoms with van der Waals surface area (Å²) < 4.78 is 0. The number of ketones is 1. The van der Waals surface area contributed by atoms with Crippen molar-refractivity contribution in [2.75, 3.05) is 10.6 Å². The van der Waals surface area contributed by atoms with Gasteiger partial charge in [0.05, 0.1) is 10.8 Å². The van der Waals surface area contributed by atoms with Gasteiger partial charge in [-0.2, -0.15) is 0 Å². The molecule has 0 spiro atoms. The molecule has 1 unspecified atom stereocenters. The molecule has 1 aromatic heterocycles. The number of carbonyl (C=O) groups excluding carboxylic acids is 2. The van der Waals surface area contributed by atoms with Gasteiger partial charge in [-0.3, -0.25) is 9.59 Å². The second-order valence-electron chi connectivity index (χ2n) is 7.79. The van der Waals surface area contributed by atoms with Gasteiger partial charge in [0.15, 0.2) is 10.9 Å². The zero-order valence-electron chi connectivity index (χ0n) is 17.7. The van der Waals surface area contributed by atoms with Crippen LogP contribution in [0.4, 0.5) is 11.5 Å². The third kappa shape index (κ3) is 5.41. The third-order valence-electron chi connectivity index (χ3n) is 5.08. The van der Waals surface area contributed by atoms with Crippen molar-refractivity contribution in [3.63, 3.8) is 0 Å². The third-order valence-corrected chi connectivity index (χ3v) is 6.04. The fourth-order valence-electron chi connectivity index (χ4n) is 3.25. The molecule has 2 N–H and O–H groups in total. The van der Waals surface area contributed by atoms with Gasteiger partial charge in [0.2, 0.25) is 5.91 Å². The Bertz CT molecular complexity index is 1100. The second-order valence-corrected chi connectivity index (χ2v) is 9.10. The van der Waals surface area contributed by atoms with E-state index in [0.29, 0.717) is 28.9 Å². The number of nitrogens with zero attached hydrogens (tertiary/aromatic N) is 2. The monoisotopic (exact) mass is 434 g/mol. The van der Waals surface area contributed by atoms with Crippen LogP contribution in [0.1, 0.15) is 49.9 Å². The molecule has 160 valence electrons. The largest absolute Gasteiger partial charge is 0.367 e. The fourth-order valence-corrected chi connectivity index (χ4v) is 4.11. The summed E-state index contributed by atoms with van der Waals surface area (Å²) in [6.45, 7) is 3.83. The number of hydrogen-bond acceptors (Lipinski definition) is 6. The number of hydrogen-bond donors (Lipinski definition) is 2. The molecule has 1 aliphatic carbocycles. The van der Waals surface area contributed by atoms with Crippen molar-refractivity contribution in [1.29, 1.82) is 0 Å². The Kier molecular flexibility index (Phi) is 6.51. The first-order valence-electron chi connectivity index (χ1n) is 10.7. The normalized spacial score (nSPS) is 14.3. The van der Waals surface area contributed by atoms with E-state index in [1.54, 1.807) is 24.3 Å². The molecular weight excluding hydrogens is 408 g/mol. The number of para-hydroxylation sites is 1. The maximum absolute atomic E-state index is 12.9. The molecule has 0 radical (unpaired) electrons. The maximum atomic E-state index is 12.9. The summed E-state index contributed by atoms with van der Waals surface area (Å²) in [6, 6.07) is 15.4. The summed E-state index contributed by atoms with van der Waals surface area (Å²) in [5, 5.41) is 7.57. The predicted octanol–water partition coefficient (Wildman–Crippen LogP) is 5.31. The Hall–Kier alpha value is -2.93. The van der Waals surface area contributed by atoms with Gasteiger partial charge in [-0.25, -0.2) is 9.97 Å². The molecule has 1 heterocycles. The van der Waals surface area contributed by atoms with E-state index < -0.39 is 0 Å². The maximum Gasteiger partial charge on any atom is 0.224 e. The van der Waals surface area contributed by atoms with Gasteiger partial charge in [0, 0.05) is 29.1 Å². The minimum atomic E-state index is -0.338. The average molecular weight is 435 g/mol. The summed E-state index contributed by atoms with van der Waals surface area (Å²) in [6.07, 6.45) is 3.60. The van der Waals surface area contributed by atoms with Crippen LogP contribution in [0.5, 0.6) is 0 Å². The average Bonchev–Trinajstić information content (AvgIpc) is 3.58. The minimum absolute atomic E-state index is 0.00453. The summed E-state index contributed by atoms with van der Waals surface area (Å²) in [5.74, 6) is 0.821. The van der Waals surface area contributed by atoms with Crippen LogP contribution in [0, 0.1) is 0 Å². The zero-order valence-corrected chi connectivity index (χ0v) is 18.5. The molecule has 2 aromatic carbocycles. The molecule has 1 fully saturated rings. The highest BCUT2D eigenvalue weighted by atomic mass is 32.2.